The number of fused-ring (bicyclic) bond motifs is 1. The number of nitrogens with one attached hydrogen (secondary N) is 2. The number of carbonyl (C=O) groups excluding carboxylic acids is 2. The van der Waals surface area contributed by atoms with Gasteiger partial charge in [-0.1, -0.05) is 35.5 Å². The molecule has 0 atom stereocenters. The summed E-state index contributed by atoms with van der Waals surface area (Å²) in [6.07, 6.45) is 1.29. The molecule has 2 N–H and O–H groups in total. The van der Waals surface area contributed by atoms with Gasteiger partial charge in [-0.3, -0.25) is 9.59 Å². The van der Waals surface area contributed by atoms with Gasteiger partial charge in [-0.15, -0.1) is 0 Å². The quantitative estimate of drug-likeness (QED) is 0.507. The van der Waals surface area contributed by atoms with Crippen LogP contribution >= 0.6 is 0 Å². The van der Waals surface area contributed by atoms with Gasteiger partial charge in [0.25, 0.3) is 11.6 Å². The number of aromatic nitrogens is 3. The standard InChI is InChI=1S/C21H17N5O4/c1-13(27)24-15-7-9-16(10-8-15)25-17(28)11-29-20-18-19(14-5-3-2-4-6-14)26-30-21(18)23-12-22-20/h2-10,12H,11H2,1H3,(H,24,27)(H,25,28). The molecule has 0 spiro atoms. The molecule has 2 heterocycles. The van der Waals surface area contributed by atoms with E-state index in [-0.39, 0.29) is 30.0 Å². The van der Waals surface area contributed by atoms with Gasteiger partial charge in [-0.2, -0.15) is 4.98 Å². The number of amides is 2. The lowest BCUT2D eigenvalue weighted by molar-refractivity contribution is -0.118. The van der Waals surface area contributed by atoms with Crippen molar-refractivity contribution in [2.75, 3.05) is 17.2 Å². The van der Waals surface area contributed by atoms with Gasteiger partial charge in [0, 0.05) is 23.9 Å². The molecule has 0 saturated carbocycles. The van der Waals surface area contributed by atoms with E-state index in [4.69, 9.17) is 9.26 Å². The number of nitrogens with zero attached hydrogens (tertiary/aromatic N) is 3. The Morgan fingerprint density at radius 2 is 1.67 bits per heavy atom. The van der Waals surface area contributed by atoms with E-state index >= 15 is 0 Å². The van der Waals surface area contributed by atoms with E-state index < -0.39 is 0 Å². The van der Waals surface area contributed by atoms with Crippen molar-refractivity contribution in [2.45, 2.75) is 6.92 Å². The van der Waals surface area contributed by atoms with Gasteiger partial charge in [0.1, 0.15) is 17.4 Å². The molecule has 0 bridgehead atoms. The van der Waals surface area contributed by atoms with Gasteiger partial charge in [0.05, 0.1) is 0 Å². The van der Waals surface area contributed by atoms with Gasteiger partial charge < -0.3 is 19.9 Å². The summed E-state index contributed by atoms with van der Waals surface area (Å²) in [5, 5.41) is 9.94. The van der Waals surface area contributed by atoms with Crippen molar-refractivity contribution in [3.05, 3.63) is 60.9 Å². The maximum absolute atomic E-state index is 12.3. The number of hydrogen-bond donors (Lipinski definition) is 2. The molecule has 0 aliphatic rings. The molecule has 0 aliphatic carbocycles. The molecule has 0 unspecified atom stereocenters. The Morgan fingerprint density at radius 3 is 2.37 bits per heavy atom. The van der Waals surface area contributed by atoms with Crippen LogP contribution in [0, 0.1) is 0 Å². The highest BCUT2D eigenvalue weighted by Gasteiger charge is 2.18. The SMILES string of the molecule is CC(=O)Nc1ccc(NC(=O)COc2ncnc3onc(-c4ccccc4)c23)cc1. The largest absolute Gasteiger partial charge is 0.467 e. The van der Waals surface area contributed by atoms with Crippen molar-refractivity contribution in [1.29, 1.82) is 0 Å². The predicted octanol–water partition coefficient (Wildman–Crippen LogP) is 3.26. The summed E-state index contributed by atoms with van der Waals surface area (Å²) in [6.45, 7) is 1.16. The predicted molar refractivity (Wildman–Crippen MR) is 110 cm³/mol. The minimum atomic E-state index is -0.369. The summed E-state index contributed by atoms with van der Waals surface area (Å²) >= 11 is 0. The molecule has 4 aromatic rings. The Hall–Kier alpha value is -4.27. The molecule has 0 aliphatic heterocycles. The fourth-order valence-corrected chi connectivity index (χ4v) is 2.83. The molecule has 2 aromatic heterocycles. The van der Waals surface area contributed by atoms with Gasteiger partial charge >= 0.3 is 0 Å². The number of ether oxygens (including phenoxy) is 1. The molecule has 0 fully saturated rings. The molecule has 30 heavy (non-hydrogen) atoms. The maximum atomic E-state index is 12.3. The summed E-state index contributed by atoms with van der Waals surface area (Å²) in [5.74, 6) is -0.331. The summed E-state index contributed by atoms with van der Waals surface area (Å²) in [4.78, 5) is 31.5. The highest BCUT2D eigenvalue weighted by molar-refractivity contribution is 5.95. The monoisotopic (exact) mass is 403 g/mol. The number of anilines is 2. The second-order valence-corrected chi connectivity index (χ2v) is 6.35. The van der Waals surface area contributed by atoms with Gasteiger partial charge in [0.15, 0.2) is 6.61 Å². The molecule has 0 saturated heterocycles. The summed E-state index contributed by atoms with van der Waals surface area (Å²) in [7, 11) is 0. The zero-order valence-electron chi connectivity index (χ0n) is 16.0. The normalized spacial score (nSPS) is 10.6. The van der Waals surface area contributed by atoms with E-state index in [1.54, 1.807) is 24.3 Å². The first-order valence-corrected chi connectivity index (χ1v) is 9.06. The van der Waals surface area contributed by atoms with Crippen molar-refractivity contribution in [1.82, 2.24) is 15.1 Å². The van der Waals surface area contributed by atoms with Crippen LogP contribution in [0.5, 0.6) is 5.88 Å². The number of benzene rings is 2. The fraction of sp³-hybridized carbons (Fsp3) is 0.0952. The van der Waals surface area contributed by atoms with Crippen molar-refractivity contribution >= 4 is 34.3 Å². The Morgan fingerprint density at radius 1 is 0.967 bits per heavy atom. The second-order valence-electron chi connectivity index (χ2n) is 6.35. The number of rotatable bonds is 6. The van der Waals surface area contributed by atoms with Crippen LogP contribution in [0.4, 0.5) is 11.4 Å². The minimum Gasteiger partial charge on any atom is -0.467 e. The second kappa shape index (κ2) is 8.39. The van der Waals surface area contributed by atoms with Crippen LogP contribution in [-0.4, -0.2) is 33.5 Å². The van der Waals surface area contributed by atoms with Crippen LogP contribution in [0.1, 0.15) is 6.92 Å². The summed E-state index contributed by atoms with van der Waals surface area (Å²) in [6, 6.07) is 16.2. The molecule has 2 amide bonds. The smallest absolute Gasteiger partial charge is 0.265 e. The lowest BCUT2D eigenvalue weighted by atomic mass is 10.1. The molecule has 4 rings (SSSR count). The topological polar surface area (TPSA) is 119 Å². The molecule has 150 valence electrons. The highest BCUT2D eigenvalue weighted by atomic mass is 16.5. The Bertz CT molecular complexity index is 1190. The third-order valence-corrected chi connectivity index (χ3v) is 4.11. The van der Waals surface area contributed by atoms with Crippen LogP contribution in [0.3, 0.4) is 0 Å². The molecule has 9 nitrogen and oxygen atoms in total. The molecule has 9 heteroatoms. The van der Waals surface area contributed by atoms with Crippen molar-refractivity contribution in [3.63, 3.8) is 0 Å². The van der Waals surface area contributed by atoms with Crippen LogP contribution < -0.4 is 15.4 Å². The van der Waals surface area contributed by atoms with E-state index in [1.165, 1.54) is 13.3 Å². The molecular weight excluding hydrogens is 386 g/mol. The van der Waals surface area contributed by atoms with E-state index in [0.717, 1.165) is 5.56 Å². The van der Waals surface area contributed by atoms with E-state index in [2.05, 4.69) is 25.8 Å². The first-order chi connectivity index (χ1) is 14.6. The Balaban J connectivity index is 1.46. The molecular formula is C21H17N5O4. The average Bonchev–Trinajstić information content (AvgIpc) is 3.19. The van der Waals surface area contributed by atoms with Crippen molar-refractivity contribution in [3.8, 4) is 17.1 Å². The summed E-state index contributed by atoms with van der Waals surface area (Å²) < 4.78 is 10.9. The van der Waals surface area contributed by atoms with Crippen LogP contribution in [0.15, 0.2) is 65.4 Å². The summed E-state index contributed by atoms with van der Waals surface area (Å²) in [5.41, 5.74) is 2.84. The van der Waals surface area contributed by atoms with Gasteiger partial charge in [-0.05, 0) is 24.3 Å². The zero-order chi connectivity index (χ0) is 20.9. The lowest BCUT2D eigenvalue weighted by Gasteiger charge is -2.08. The number of carbonyl (C=O) groups is 2. The Labute approximate surface area is 171 Å². The average molecular weight is 403 g/mol. The number of hydrogen-bond acceptors (Lipinski definition) is 7. The van der Waals surface area contributed by atoms with E-state index in [1.807, 2.05) is 30.3 Å². The van der Waals surface area contributed by atoms with E-state index in [9.17, 15) is 9.59 Å². The van der Waals surface area contributed by atoms with Crippen LogP contribution in [0.25, 0.3) is 22.4 Å². The zero-order valence-corrected chi connectivity index (χ0v) is 16.0. The third kappa shape index (κ3) is 4.25. The third-order valence-electron chi connectivity index (χ3n) is 4.11. The molecule has 2 aromatic carbocycles. The van der Waals surface area contributed by atoms with Crippen molar-refractivity contribution < 1.29 is 18.8 Å². The van der Waals surface area contributed by atoms with E-state index in [0.29, 0.717) is 22.5 Å². The van der Waals surface area contributed by atoms with Crippen molar-refractivity contribution in [2.24, 2.45) is 0 Å². The van der Waals surface area contributed by atoms with Crippen LogP contribution in [-0.2, 0) is 9.59 Å². The first-order valence-electron chi connectivity index (χ1n) is 9.06. The van der Waals surface area contributed by atoms with Crippen LogP contribution in [0.2, 0.25) is 0 Å². The molecule has 0 radical (unpaired) electrons. The maximum Gasteiger partial charge on any atom is 0.265 e. The first kappa shape index (κ1) is 19.1. The minimum absolute atomic E-state index is 0.167. The highest BCUT2D eigenvalue weighted by Crippen LogP contribution is 2.32. The lowest BCUT2D eigenvalue weighted by Crippen LogP contribution is -2.20. The van der Waals surface area contributed by atoms with Gasteiger partial charge in [0.2, 0.25) is 11.8 Å². The van der Waals surface area contributed by atoms with Gasteiger partial charge in [-0.25, -0.2) is 4.98 Å². The Kier molecular flexibility index (Phi) is 5.33. The fourth-order valence-electron chi connectivity index (χ4n) is 2.83.